The summed E-state index contributed by atoms with van der Waals surface area (Å²) in [6.07, 6.45) is 1.61. The molecule has 1 aromatic rings. The Morgan fingerprint density at radius 2 is 2.31 bits per heavy atom. The average Bonchev–Trinajstić information content (AvgIpc) is 2.52. The van der Waals surface area contributed by atoms with Gasteiger partial charge in [0.25, 0.3) is 0 Å². The van der Waals surface area contributed by atoms with Crippen molar-refractivity contribution in [1.29, 1.82) is 0 Å². The van der Waals surface area contributed by atoms with Crippen LogP contribution in [-0.4, -0.2) is 25.0 Å². The van der Waals surface area contributed by atoms with Crippen LogP contribution in [0.25, 0.3) is 0 Å². The fourth-order valence-corrected chi connectivity index (χ4v) is 2.55. The van der Waals surface area contributed by atoms with E-state index in [2.05, 4.69) is 5.32 Å². The molecule has 1 fully saturated rings. The smallest absolute Gasteiger partial charge is 0.243 e. The molecule has 1 saturated heterocycles. The third kappa shape index (κ3) is 1.37. The van der Waals surface area contributed by atoms with Gasteiger partial charge in [0.1, 0.15) is 11.9 Å². The Balaban J connectivity index is 2.02. The van der Waals surface area contributed by atoms with Crippen molar-refractivity contribution in [3.05, 3.63) is 29.6 Å². The highest BCUT2D eigenvalue weighted by atomic mass is 19.1. The van der Waals surface area contributed by atoms with Crippen molar-refractivity contribution in [2.75, 3.05) is 18.0 Å². The van der Waals surface area contributed by atoms with Crippen LogP contribution in [0.4, 0.5) is 10.1 Å². The molecule has 0 aromatic heterocycles. The van der Waals surface area contributed by atoms with Crippen molar-refractivity contribution in [2.45, 2.75) is 18.9 Å². The number of rotatable bonds is 0. The van der Waals surface area contributed by atoms with E-state index in [4.69, 9.17) is 0 Å². The Labute approximate surface area is 93.2 Å². The average molecular weight is 220 g/mol. The summed E-state index contributed by atoms with van der Waals surface area (Å²) in [7, 11) is 0. The molecule has 2 aliphatic rings. The van der Waals surface area contributed by atoms with E-state index in [1.165, 1.54) is 12.1 Å². The SMILES string of the molecule is O=C1NCCCN2c3cc(F)ccc3CC12. The number of hydrogen-bond acceptors (Lipinski definition) is 2. The Hall–Kier alpha value is -1.58. The molecule has 2 heterocycles. The molecular weight excluding hydrogens is 207 g/mol. The molecule has 0 aliphatic carbocycles. The molecule has 1 N–H and O–H groups in total. The molecule has 16 heavy (non-hydrogen) atoms. The van der Waals surface area contributed by atoms with Crippen LogP contribution in [0.15, 0.2) is 18.2 Å². The second kappa shape index (κ2) is 3.47. The van der Waals surface area contributed by atoms with Gasteiger partial charge >= 0.3 is 0 Å². The van der Waals surface area contributed by atoms with E-state index >= 15 is 0 Å². The lowest BCUT2D eigenvalue weighted by atomic mass is 10.1. The van der Waals surface area contributed by atoms with Crippen molar-refractivity contribution < 1.29 is 9.18 Å². The number of halogens is 1. The number of nitrogens with zero attached hydrogens (tertiary/aromatic N) is 1. The minimum atomic E-state index is -0.232. The van der Waals surface area contributed by atoms with Gasteiger partial charge in [-0.3, -0.25) is 4.79 Å². The third-order valence-electron chi connectivity index (χ3n) is 3.32. The molecule has 0 radical (unpaired) electrons. The highest BCUT2D eigenvalue weighted by Gasteiger charge is 2.35. The third-order valence-corrected chi connectivity index (χ3v) is 3.32. The summed E-state index contributed by atoms with van der Waals surface area (Å²) in [5, 5.41) is 2.89. The molecule has 0 saturated carbocycles. The van der Waals surface area contributed by atoms with Crippen molar-refractivity contribution in [2.24, 2.45) is 0 Å². The van der Waals surface area contributed by atoms with Crippen molar-refractivity contribution >= 4 is 11.6 Å². The lowest BCUT2D eigenvalue weighted by Gasteiger charge is -2.23. The second-order valence-corrected chi connectivity index (χ2v) is 4.33. The number of nitrogens with one attached hydrogen (secondary N) is 1. The lowest BCUT2D eigenvalue weighted by Crippen LogP contribution is -2.42. The molecule has 3 rings (SSSR count). The van der Waals surface area contributed by atoms with Crippen LogP contribution >= 0.6 is 0 Å². The zero-order valence-electron chi connectivity index (χ0n) is 8.87. The standard InChI is InChI=1S/C12H13FN2O/c13-9-3-2-8-6-11-12(16)14-4-1-5-15(11)10(8)7-9/h2-3,7,11H,1,4-6H2,(H,14,16). The first-order valence-electron chi connectivity index (χ1n) is 5.58. The highest BCUT2D eigenvalue weighted by Crippen LogP contribution is 2.33. The summed E-state index contributed by atoms with van der Waals surface area (Å²) in [6, 6.07) is 4.64. The maximum atomic E-state index is 13.2. The van der Waals surface area contributed by atoms with Crippen LogP contribution < -0.4 is 10.2 Å². The van der Waals surface area contributed by atoms with Gasteiger partial charge in [0, 0.05) is 25.2 Å². The number of hydrogen-bond donors (Lipinski definition) is 1. The van der Waals surface area contributed by atoms with Crippen LogP contribution in [0.3, 0.4) is 0 Å². The summed E-state index contributed by atoms with van der Waals surface area (Å²) < 4.78 is 13.2. The molecule has 3 nitrogen and oxygen atoms in total. The Morgan fingerprint density at radius 1 is 1.44 bits per heavy atom. The van der Waals surface area contributed by atoms with Crippen molar-refractivity contribution in [3.8, 4) is 0 Å². The summed E-state index contributed by atoms with van der Waals surface area (Å²) in [5.74, 6) is -0.168. The monoisotopic (exact) mass is 220 g/mol. The summed E-state index contributed by atoms with van der Waals surface area (Å²) in [6.45, 7) is 1.54. The van der Waals surface area contributed by atoms with E-state index < -0.39 is 0 Å². The largest absolute Gasteiger partial charge is 0.359 e. The highest BCUT2D eigenvalue weighted by molar-refractivity contribution is 5.88. The van der Waals surface area contributed by atoms with E-state index in [0.717, 1.165) is 30.8 Å². The normalized spacial score (nSPS) is 23.4. The maximum Gasteiger partial charge on any atom is 0.243 e. The maximum absolute atomic E-state index is 13.2. The summed E-state index contributed by atoms with van der Waals surface area (Å²) in [5.41, 5.74) is 1.96. The minimum Gasteiger partial charge on any atom is -0.359 e. The van der Waals surface area contributed by atoms with E-state index in [-0.39, 0.29) is 17.8 Å². The summed E-state index contributed by atoms with van der Waals surface area (Å²) >= 11 is 0. The Morgan fingerprint density at radius 3 is 3.19 bits per heavy atom. The molecule has 1 aromatic carbocycles. The number of amides is 1. The fraction of sp³-hybridized carbons (Fsp3) is 0.417. The van der Waals surface area contributed by atoms with Crippen LogP contribution in [0.1, 0.15) is 12.0 Å². The minimum absolute atomic E-state index is 0.0640. The van der Waals surface area contributed by atoms with Gasteiger partial charge in [-0.15, -0.1) is 0 Å². The Kier molecular flexibility index (Phi) is 2.09. The predicted octanol–water partition coefficient (Wildman–Crippen LogP) is 1.08. The predicted molar refractivity (Wildman–Crippen MR) is 58.9 cm³/mol. The van der Waals surface area contributed by atoms with Crippen molar-refractivity contribution in [1.82, 2.24) is 5.32 Å². The molecule has 1 atom stereocenters. The van der Waals surface area contributed by atoms with Crippen LogP contribution in [-0.2, 0) is 11.2 Å². The molecule has 84 valence electrons. The number of benzene rings is 1. The second-order valence-electron chi connectivity index (χ2n) is 4.33. The van der Waals surface area contributed by atoms with Gasteiger partial charge in [0.05, 0.1) is 0 Å². The zero-order chi connectivity index (χ0) is 11.1. The first-order chi connectivity index (χ1) is 7.75. The van der Waals surface area contributed by atoms with E-state index in [1.54, 1.807) is 6.07 Å². The molecular formula is C12H13FN2O. The molecule has 0 bridgehead atoms. The number of anilines is 1. The van der Waals surface area contributed by atoms with Gasteiger partial charge in [0.2, 0.25) is 5.91 Å². The van der Waals surface area contributed by atoms with E-state index in [0.29, 0.717) is 6.42 Å². The van der Waals surface area contributed by atoms with Gasteiger partial charge in [-0.2, -0.15) is 0 Å². The topological polar surface area (TPSA) is 32.3 Å². The lowest BCUT2D eigenvalue weighted by molar-refractivity contribution is -0.121. The van der Waals surface area contributed by atoms with Crippen LogP contribution in [0.2, 0.25) is 0 Å². The van der Waals surface area contributed by atoms with Crippen LogP contribution in [0, 0.1) is 5.82 Å². The van der Waals surface area contributed by atoms with E-state index in [9.17, 15) is 9.18 Å². The van der Waals surface area contributed by atoms with E-state index in [1.807, 2.05) is 4.90 Å². The van der Waals surface area contributed by atoms with Gasteiger partial charge in [-0.25, -0.2) is 4.39 Å². The molecule has 1 amide bonds. The number of carbonyl (C=O) groups is 1. The molecule has 2 aliphatic heterocycles. The quantitative estimate of drug-likeness (QED) is 0.709. The molecule has 4 heteroatoms. The first kappa shape index (κ1) is 9.63. The van der Waals surface area contributed by atoms with Gasteiger partial charge in [-0.1, -0.05) is 6.07 Å². The zero-order valence-corrected chi connectivity index (χ0v) is 8.87. The van der Waals surface area contributed by atoms with Crippen LogP contribution in [0.5, 0.6) is 0 Å². The Bertz CT molecular complexity index is 447. The molecule has 0 spiro atoms. The summed E-state index contributed by atoms with van der Waals surface area (Å²) in [4.78, 5) is 13.8. The number of carbonyl (C=O) groups excluding carboxylic acids is 1. The van der Waals surface area contributed by atoms with Gasteiger partial charge < -0.3 is 10.2 Å². The van der Waals surface area contributed by atoms with Gasteiger partial charge in [0.15, 0.2) is 0 Å². The molecule has 1 unspecified atom stereocenters. The van der Waals surface area contributed by atoms with Gasteiger partial charge in [-0.05, 0) is 24.1 Å². The first-order valence-corrected chi connectivity index (χ1v) is 5.58. The number of fused-ring (bicyclic) bond motifs is 3. The fourth-order valence-electron chi connectivity index (χ4n) is 2.55. The van der Waals surface area contributed by atoms with Crippen molar-refractivity contribution in [3.63, 3.8) is 0 Å².